The second kappa shape index (κ2) is 11.9. The quantitative estimate of drug-likeness (QED) is 0.424. The van der Waals surface area contributed by atoms with Crippen LogP contribution in [0.1, 0.15) is 49.9 Å². The molecule has 0 saturated heterocycles. The molecular weight excluding hydrogens is 416 g/mol. The summed E-state index contributed by atoms with van der Waals surface area (Å²) < 4.78 is 3.64. The van der Waals surface area contributed by atoms with Crippen molar-refractivity contribution in [3.63, 3.8) is 0 Å². The van der Waals surface area contributed by atoms with E-state index in [1.807, 2.05) is 30.3 Å². The third kappa shape index (κ3) is 8.12. The number of benzene rings is 1. The minimum Gasteiger partial charge on any atom is -1.00 e. The van der Waals surface area contributed by atoms with Gasteiger partial charge in [0.15, 0.2) is 0 Å². The molecule has 0 aliphatic rings. The Morgan fingerprint density at radius 3 is 2.00 bits per heavy atom. The number of carbonyl (C=O) groups excluding carboxylic acids is 1. The summed E-state index contributed by atoms with van der Waals surface area (Å²) in [4.78, 5) is 12.2. The Morgan fingerprint density at radius 1 is 1.00 bits per heavy atom. The van der Waals surface area contributed by atoms with Gasteiger partial charge in [0.05, 0.1) is 0 Å². The largest absolute Gasteiger partial charge is 1.00 e. The van der Waals surface area contributed by atoms with Gasteiger partial charge in [-0.2, -0.15) is 0 Å². The summed E-state index contributed by atoms with van der Waals surface area (Å²) in [5.41, 5.74) is 0.913. The first-order valence-corrected chi connectivity index (χ1v) is 11.9. The average molecular weight is 441 g/mol. The van der Waals surface area contributed by atoms with Crippen molar-refractivity contribution in [1.82, 2.24) is 0 Å². The van der Waals surface area contributed by atoms with E-state index in [-0.39, 0.29) is 17.0 Å². The minimum absolute atomic E-state index is 0. The molecule has 0 radical (unpaired) electrons. The van der Waals surface area contributed by atoms with Crippen LogP contribution in [0.15, 0.2) is 30.3 Å². The number of hydrogen-bond acceptors (Lipinski definition) is 1. The Bertz CT molecular complexity index is 332. The van der Waals surface area contributed by atoms with Crippen LogP contribution in [-0.2, 0) is 0 Å². The van der Waals surface area contributed by atoms with Gasteiger partial charge >= 0.3 is 119 Å². The molecule has 0 spiro atoms. The Hall–Kier alpha value is 0.160. The van der Waals surface area contributed by atoms with E-state index in [4.69, 9.17) is 0 Å². The van der Waals surface area contributed by atoms with Crippen molar-refractivity contribution in [2.45, 2.75) is 52.9 Å². The van der Waals surface area contributed by atoms with Crippen LogP contribution in [0.5, 0.6) is 0 Å². The number of Topliss-reactive ketones (excluding diaryl/α,β-unsaturated/α-hetero) is 1. The van der Waals surface area contributed by atoms with Crippen LogP contribution >= 0.6 is 0 Å². The van der Waals surface area contributed by atoms with Crippen LogP contribution in [0.3, 0.4) is 0 Å². The maximum absolute atomic E-state index is 12.2. The first-order chi connectivity index (χ1) is 8.77. The molecule has 0 aliphatic heterocycles. The molecule has 3 heteroatoms. The van der Waals surface area contributed by atoms with Gasteiger partial charge in [-0.1, -0.05) is 0 Å². The fourth-order valence-corrected chi connectivity index (χ4v) is 8.75. The molecule has 0 bridgehead atoms. The molecule has 1 aromatic rings. The molecular formula is C16H25BrOTe. The van der Waals surface area contributed by atoms with E-state index < -0.39 is 19.6 Å². The molecule has 0 fully saturated rings. The number of unbranched alkanes of at least 4 members (excludes halogenated alkanes) is 2. The van der Waals surface area contributed by atoms with E-state index in [9.17, 15) is 4.79 Å². The van der Waals surface area contributed by atoms with E-state index in [0.717, 1.165) is 10.0 Å². The third-order valence-corrected chi connectivity index (χ3v) is 9.86. The number of ketones is 1. The van der Waals surface area contributed by atoms with Gasteiger partial charge in [-0.15, -0.1) is 0 Å². The van der Waals surface area contributed by atoms with Gasteiger partial charge in [-0.25, -0.2) is 0 Å². The summed E-state index contributed by atoms with van der Waals surface area (Å²) in [6, 6.07) is 9.82. The van der Waals surface area contributed by atoms with E-state index in [2.05, 4.69) is 13.8 Å². The fourth-order valence-electron chi connectivity index (χ4n) is 1.84. The summed E-state index contributed by atoms with van der Waals surface area (Å²) in [5.74, 6) is 0.388. The van der Waals surface area contributed by atoms with E-state index in [0.29, 0.717) is 5.78 Å². The van der Waals surface area contributed by atoms with Crippen LogP contribution < -0.4 is 17.0 Å². The Morgan fingerprint density at radius 2 is 1.53 bits per heavy atom. The molecule has 0 N–H and O–H groups in total. The minimum atomic E-state index is -1.17. The maximum atomic E-state index is 12.2. The van der Waals surface area contributed by atoms with Crippen molar-refractivity contribution >= 4 is 25.3 Å². The van der Waals surface area contributed by atoms with Gasteiger partial charge in [0.25, 0.3) is 0 Å². The molecule has 0 atom stereocenters. The zero-order chi connectivity index (χ0) is 13.2. The van der Waals surface area contributed by atoms with E-state index in [1.165, 1.54) is 34.6 Å². The van der Waals surface area contributed by atoms with Crippen LogP contribution in [0.25, 0.3) is 0 Å². The summed E-state index contributed by atoms with van der Waals surface area (Å²) >= 11 is -1.17. The number of hydrogen-bond donors (Lipinski definition) is 0. The molecule has 0 amide bonds. The van der Waals surface area contributed by atoms with Crippen LogP contribution in [0, 0.1) is 0 Å². The maximum Gasteiger partial charge on any atom is -1.00 e. The number of halogens is 1. The molecule has 0 aliphatic carbocycles. The Labute approximate surface area is 135 Å². The summed E-state index contributed by atoms with van der Waals surface area (Å²) in [6.45, 7) is 4.49. The average Bonchev–Trinajstić information content (AvgIpc) is 2.42. The van der Waals surface area contributed by atoms with Gasteiger partial charge in [-0.05, 0) is 0 Å². The van der Waals surface area contributed by atoms with Crippen molar-refractivity contribution in [3.05, 3.63) is 35.9 Å². The van der Waals surface area contributed by atoms with Gasteiger partial charge in [0.1, 0.15) is 0 Å². The van der Waals surface area contributed by atoms with Crippen molar-refractivity contribution in [2.24, 2.45) is 0 Å². The SMILES string of the molecule is CCCC[Te+](CCCC)CC(=O)c1ccccc1.[Br-]. The predicted octanol–water partition coefficient (Wildman–Crippen LogP) is 1.97. The smallest absolute Gasteiger partial charge is 1.00 e. The number of carbonyl (C=O) groups is 1. The van der Waals surface area contributed by atoms with Gasteiger partial charge < -0.3 is 17.0 Å². The standard InChI is InChI=1S/C16H25OTe.BrH/c1-3-5-12-18(13-6-4-2)14-16(17)15-10-8-7-9-11-15;/h7-11H,3-6,12-14H2,1-2H3;1H/q+1;/p-1. The molecule has 0 unspecified atom stereocenters. The fraction of sp³-hybridized carbons (Fsp3) is 0.562. The summed E-state index contributed by atoms with van der Waals surface area (Å²) in [7, 11) is 0. The molecule has 1 nitrogen and oxygen atoms in total. The van der Waals surface area contributed by atoms with Crippen LogP contribution in [0.2, 0.25) is 13.4 Å². The van der Waals surface area contributed by atoms with Crippen LogP contribution in [0.4, 0.5) is 0 Å². The number of rotatable bonds is 9. The molecule has 1 rings (SSSR count). The summed E-state index contributed by atoms with van der Waals surface area (Å²) in [6.07, 6.45) is 5.18. The van der Waals surface area contributed by atoms with Crippen molar-refractivity contribution in [3.8, 4) is 0 Å². The monoisotopic (exact) mass is 442 g/mol. The van der Waals surface area contributed by atoms with Gasteiger partial charge in [0, 0.05) is 0 Å². The van der Waals surface area contributed by atoms with Crippen molar-refractivity contribution in [1.29, 1.82) is 0 Å². The zero-order valence-electron chi connectivity index (χ0n) is 12.0. The second-order valence-electron chi connectivity index (χ2n) is 4.66. The first kappa shape index (κ1) is 19.2. The first-order valence-electron chi connectivity index (χ1n) is 7.00. The topological polar surface area (TPSA) is 17.1 Å². The molecule has 108 valence electrons. The summed E-state index contributed by atoms with van der Waals surface area (Å²) in [5, 5.41) is 0. The molecule has 1 aromatic carbocycles. The second-order valence-corrected chi connectivity index (χ2v) is 11.3. The van der Waals surface area contributed by atoms with Gasteiger partial charge in [-0.3, -0.25) is 0 Å². The Balaban J connectivity index is 0.00000324. The van der Waals surface area contributed by atoms with Gasteiger partial charge in [0.2, 0.25) is 0 Å². The van der Waals surface area contributed by atoms with Crippen LogP contribution in [-0.4, -0.2) is 25.3 Å². The Kier molecular flexibility index (Phi) is 12.0. The van der Waals surface area contributed by atoms with E-state index in [1.54, 1.807) is 0 Å². The predicted molar refractivity (Wildman–Crippen MR) is 80.8 cm³/mol. The normalized spacial score (nSPS) is 10.3. The van der Waals surface area contributed by atoms with Crippen molar-refractivity contribution in [2.75, 3.05) is 0 Å². The molecule has 0 aromatic heterocycles. The van der Waals surface area contributed by atoms with E-state index >= 15 is 0 Å². The molecule has 19 heavy (non-hydrogen) atoms. The molecule has 0 saturated carbocycles. The zero-order valence-corrected chi connectivity index (χ0v) is 15.9. The molecule has 0 heterocycles. The van der Waals surface area contributed by atoms with Crippen molar-refractivity contribution < 1.29 is 21.8 Å². The third-order valence-electron chi connectivity index (χ3n) is 3.00.